The van der Waals surface area contributed by atoms with Crippen molar-refractivity contribution >= 4 is 17.7 Å². The summed E-state index contributed by atoms with van der Waals surface area (Å²) in [5.74, 6) is 0.676. The molecule has 0 bridgehead atoms. The Hall–Kier alpha value is -1.03. The number of rotatable bonds is 4. The van der Waals surface area contributed by atoms with Gasteiger partial charge >= 0.3 is 0 Å². The van der Waals surface area contributed by atoms with E-state index in [0.717, 1.165) is 5.03 Å². The molecule has 1 aliphatic carbocycles. The van der Waals surface area contributed by atoms with Crippen LogP contribution in [0.1, 0.15) is 30.1 Å². The molecule has 1 aliphatic rings. The zero-order valence-electron chi connectivity index (χ0n) is 9.56. The molecule has 0 aliphatic heterocycles. The first-order chi connectivity index (χ1) is 7.72. The molecule has 2 rings (SSSR count). The second-order valence-electron chi connectivity index (χ2n) is 4.16. The van der Waals surface area contributed by atoms with Gasteiger partial charge in [0.15, 0.2) is 0 Å². The summed E-state index contributed by atoms with van der Waals surface area (Å²) in [5, 5.41) is 3.83. The molecule has 0 aromatic carbocycles. The summed E-state index contributed by atoms with van der Waals surface area (Å²) in [4.78, 5) is 16.2. The first kappa shape index (κ1) is 11.5. The molecule has 0 saturated heterocycles. The Morgan fingerprint density at radius 1 is 1.62 bits per heavy atom. The van der Waals surface area contributed by atoms with E-state index in [-0.39, 0.29) is 11.9 Å². The van der Waals surface area contributed by atoms with Crippen LogP contribution in [0, 0.1) is 5.92 Å². The summed E-state index contributed by atoms with van der Waals surface area (Å²) in [5.41, 5.74) is 0.683. The van der Waals surface area contributed by atoms with Crippen molar-refractivity contribution in [2.75, 3.05) is 6.26 Å². The van der Waals surface area contributed by atoms with Crippen LogP contribution in [-0.4, -0.2) is 23.2 Å². The first-order valence-corrected chi connectivity index (χ1v) is 6.74. The Morgan fingerprint density at radius 2 is 2.38 bits per heavy atom. The highest BCUT2D eigenvalue weighted by Gasteiger charge is 2.29. The van der Waals surface area contributed by atoms with Crippen molar-refractivity contribution in [3.05, 3.63) is 23.9 Å². The molecule has 0 radical (unpaired) electrons. The highest BCUT2D eigenvalue weighted by Crippen LogP contribution is 2.32. The molecule has 1 fully saturated rings. The fourth-order valence-electron chi connectivity index (χ4n) is 1.72. The highest BCUT2D eigenvalue weighted by molar-refractivity contribution is 7.98. The number of carbonyl (C=O) groups is 1. The third-order valence-corrected chi connectivity index (χ3v) is 3.61. The molecule has 0 spiro atoms. The predicted molar refractivity (Wildman–Crippen MR) is 65.7 cm³/mol. The van der Waals surface area contributed by atoms with Crippen LogP contribution in [0.15, 0.2) is 23.4 Å². The number of hydrogen-bond acceptors (Lipinski definition) is 3. The molecule has 1 saturated carbocycles. The average molecular weight is 236 g/mol. The molecule has 1 amide bonds. The quantitative estimate of drug-likeness (QED) is 0.816. The molecule has 1 atom stereocenters. The van der Waals surface area contributed by atoms with E-state index in [9.17, 15) is 4.79 Å². The third kappa shape index (κ3) is 2.55. The summed E-state index contributed by atoms with van der Waals surface area (Å²) in [6.07, 6.45) is 6.13. The van der Waals surface area contributed by atoms with Gasteiger partial charge in [0, 0.05) is 12.2 Å². The monoisotopic (exact) mass is 236 g/mol. The molecule has 1 aromatic heterocycles. The van der Waals surface area contributed by atoms with Crippen molar-refractivity contribution < 1.29 is 4.79 Å². The minimum atomic E-state index is -0.00292. The van der Waals surface area contributed by atoms with E-state index in [4.69, 9.17) is 0 Å². The van der Waals surface area contributed by atoms with Crippen LogP contribution < -0.4 is 5.32 Å². The smallest absolute Gasteiger partial charge is 0.254 e. The standard InChI is InChI=1S/C12H16N2OS/c1-8(9-5-6-9)14-11(15)10-4-3-7-13-12(10)16-2/h3-4,7-9H,5-6H2,1-2H3,(H,14,15)/t8-/m0/s1. The number of amides is 1. The molecular weight excluding hydrogens is 220 g/mol. The van der Waals surface area contributed by atoms with Crippen molar-refractivity contribution in [3.63, 3.8) is 0 Å². The number of thioether (sulfide) groups is 1. The summed E-state index contributed by atoms with van der Waals surface area (Å²) < 4.78 is 0. The Bertz CT molecular complexity index is 390. The molecule has 3 nitrogen and oxygen atoms in total. The molecule has 1 heterocycles. The maximum absolute atomic E-state index is 12.0. The molecule has 0 unspecified atom stereocenters. The number of hydrogen-bond donors (Lipinski definition) is 1. The lowest BCUT2D eigenvalue weighted by Crippen LogP contribution is -2.34. The second kappa shape index (κ2) is 4.87. The molecule has 1 aromatic rings. The molecular formula is C12H16N2OS. The fraction of sp³-hybridized carbons (Fsp3) is 0.500. The number of aromatic nitrogens is 1. The van der Waals surface area contributed by atoms with Crippen molar-refractivity contribution in [1.82, 2.24) is 10.3 Å². The summed E-state index contributed by atoms with van der Waals surface area (Å²) in [6, 6.07) is 3.91. The normalized spacial score (nSPS) is 16.9. The van der Waals surface area contributed by atoms with E-state index < -0.39 is 0 Å². The van der Waals surface area contributed by atoms with Crippen molar-refractivity contribution in [1.29, 1.82) is 0 Å². The minimum absolute atomic E-state index is 0.00292. The van der Waals surface area contributed by atoms with Gasteiger partial charge in [0.25, 0.3) is 5.91 Å². The topological polar surface area (TPSA) is 42.0 Å². The van der Waals surface area contributed by atoms with Crippen molar-refractivity contribution in [2.24, 2.45) is 5.92 Å². The zero-order chi connectivity index (χ0) is 11.5. The van der Waals surface area contributed by atoms with E-state index in [1.165, 1.54) is 24.6 Å². The third-order valence-electron chi connectivity index (χ3n) is 2.90. The van der Waals surface area contributed by atoms with Crippen LogP contribution >= 0.6 is 11.8 Å². The Labute approximate surface area is 100 Å². The van der Waals surface area contributed by atoms with Gasteiger partial charge in [-0.1, -0.05) is 0 Å². The van der Waals surface area contributed by atoms with Crippen LogP contribution in [0.3, 0.4) is 0 Å². The lowest BCUT2D eigenvalue weighted by Gasteiger charge is -2.13. The fourth-order valence-corrected chi connectivity index (χ4v) is 2.27. The van der Waals surface area contributed by atoms with Gasteiger partial charge in [-0.25, -0.2) is 4.98 Å². The van der Waals surface area contributed by atoms with E-state index in [2.05, 4.69) is 17.2 Å². The Kier molecular flexibility index (Phi) is 3.49. The van der Waals surface area contributed by atoms with Gasteiger partial charge in [-0.05, 0) is 44.1 Å². The molecule has 16 heavy (non-hydrogen) atoms. The SMILES string of the molecule is CSc1ncccc1C(=O)N[C@@H](C)C1CC1. The number of pyridine rings is 1. The summed E-state index contributed by atoms with van der Waals surface area (Å²) in [6.45, 7) is 2.07. The second-order valence-corrected chi connectivity index (χ2v) is 4.95. The lowest BCUT2D eigenvalue weighted by molar-refractivity contribution is 0.0932. The first-order valence-electron chi connectivity index (χ1n) is 5.52. The number of nitrogens with zero attached hydrogens (tertiary/aromatic N) is 1. The van der Waals surface area contributed by atoms with Gasteiger partial charge in [0.2, 0.25) is 0 Å². The van der Waals surface area contributed by atoms with Gasteiger partial charge in [0.1, 0.15) is 5.03 Å². The van der Waals surface area contributed by atoms with E-state index in [0.29, 0.717) is 11.5 Å². The van der Waals surface area contributed by atoms with Gasteiger partial charge in [-0.15, -0.1) is 11.8 Å². The van der Waals surface area contributed by atoms with E-state index in [1.54, 1.807) is 12.3 Å². The van der Waals surface area contributed by atoms with Crippen LogP contribution in [0.25, 0.3) is 0 Å². The molecule has 1 N–H and O–H groups in total. The highest BCUT2D eigenvalue weighted by atomic mass is 32.2. The number of carbonyl (C=O) groups excluding carboxylic acids is 1. The van der Waals surface area contributed by atoms with Gasteiger partial charge < -0.3 is 5.32 Å². The van der Waals surface area contributed by atoms with Gasteiger partial charge in [-0.3, -0.25) is 4.79 Å². The summed E-state index contributed by atoms with van der Waals surface area (Å²) >= 11 is 1.50. The average Bonchev–Trinajstić information content (AvgIpc) is 3.12. The van der Waals surface area contributed by atoms with Crippen LogP contribution in [0.2, 0.25) is 0 Å². The minimum Gasteiger partial charge on any atom is -0.349 e. The maximum atomic E-state index is 12.0. The molecule has 86 valence electrons. The van der Waals surface area contributed by atoms with Crippen molar-refractivity contribution in [3.8, 4) is 0 Å². The summed E-state index contributed by atoms with van der Waals surface area (Å²) in [7, 11) is 0. The predicted octanol–water partition coefficient (Wildman–Crippen LogP) is 2.33. The van der Waals surface area contributed by atoms with E-state index >= 15 is 0 Å². The number of nitrogens with one attached hydrogen (secondary N) is 1. The Morgan fingerprint density at radius 3 is 3.00 bits per heavy atom. The largest absolute Gasteiger partial charge is 0.349 e. The van der Waals surface area contributed by atoms with Crippen molar-refractivity contribution in [2.45, 2.75) is 30.8 Å². The van der Waals surface area contributed by atoms with Crippen LogP contribution in [0.4, 0.5) is 0 Å². The zero-order valence-corrected chi connectivity index (χ0v) is 10.4. The van der Waals surface area contributed by atoms with Gasteiger partial charge in [-0.2, -0.15) is 0 Å². The Balaban J connectivity index is 2.07. The van der Waals surface area contributed by atoms with E-state index in [1.807, 2.05) is 12.3 Å². The van der Waals surface area contributed by atoms with Crippen LogP contribution in [-0.2, 0) is 0 Å². The maximum Gasteiger partial charge on any atom is 0.254 e. The molecule has 4 heteroatoms. The van der Waals surface area contributed by atoms with Gasteiger partial charge in [0.05, 0.1) is 5.56 Å². The van der Waals surface area contributed by atoms with Crippen LogP contribution in [0.5, 0.6) is 0 Å². The lowest BCUT2D eigenvalue weighted by atomic mass is 10.2.